The maximum Gasteiger partial charge on any atom is 0.144 e. The molecule has 0 bridgehead atoms. The molecule has 0 radical (unpaired) electrons. The molecular formula is C16H22N2OS. The van der Waals surface area contributed by atoms with Crippen LogP contribution >= 0.6 is 11.3 Å². The van der Waals surface area contributed by atoms with Gasteiger partial charge >= 0.3 is 0 Å². The van der Waals surface area contributed by atoms with E-state index in [1.165, 1.54) is 4.88 Å². The van der Waals surface area contributed by atoms with Gasteiger partial charge < -0.3 is 15.4 Å². The van der Waals surface area contributed by atoms with Crippen LogP contribution in [0.25, 0.3) is 0 Å². The predicted octanol–water partition coefficient (Wildman–Crippen LogP) is 4.32. The van der Waals surface area contributed by atoms with Crippen molar-refractivity contribution in [1.29, 1.82) is 0 Å². The minimum atomic E-state index is 0.331. The lowest BCUT2D eigenvalue weighted by atomic mass is 10.2. The van der Waals surface area contributed by atoms with E-state index in [1.807, 2.05) is 18.2 Å². The van der Waals surface area contributed by atoms with Gasteiger partial charge in [-0.05, 0) is 36.9 Å². The minimum Gasteiger partial charge on any atom is -0.491 e. The first-order valence-electron chi connectivity index (χ1n) is 6.92. The van der Waals surface area contributed by atoms with Crippen LogP contribution < -0.4 is 15.4 Å². The molecule has 0 aliphatic heterocycles. The zero-order valence-electron chi connectivity index (χ0n) is 12.3. The summed E-state index contributed by atoms with van der Waals surface area (Å²) in [6.07, 6.45) is 0.977. The number of ether oxygens (including phenoxy) is 1. The zero-order chi connectivity index (χ0) is 14.5. The molecular weight excluding hydrogens is 268 g/mol. The van der Waals surface area contributed by atoms with Gasteiger partial charge in [0.25, 0.3) is 0 Å². The zero-order valence-corrected chi connectivity index (χ0v) is 13.1. The van der Waals surface area contributed by atoms with Gasteiger partial charge in [0, 0.05) is 23.7 Å². The molecule has 2 N–H and O–H groups in total. The smallest absolute Gasteiger partial charge is 0.144 e. The Hall–Kier alpha value is -1.68. The van der Waals surface area contributed by atoms with E-state index in [0.29, 0.717) is 18.3 Å². The average molecular weight is 290 g/mol. The normalized spacial score (nSPS) is 12.2. The summed E-state index contributed by atoms with van der Waals surface area (Å²) < 4.78 is 5.70. The second kappa shape index (κ2) is 6.66. The summed E-state index contributed by atoms with van der Waals surface area (Å²) in [6.45, 7) is 4.98. The molecule has 1 aromatic heterocycles. The molecule has 0 saturated carbocycles. The molecule has 20 heavy (non-hydrogen) atoms. The summed E-state index contributed by atoms with van der Waals surface area (Å²) in [5, 5.41) is 2.11. The molecule has 108 valence electrons. The second-order valence-corrected chi connectivity index (χ2v) is 5.85. The molecule has 2 aromatic rings. The Labute approximate surface area is 125 Å². The van der Waals surface area contributed by atoms with Crippen molar-refractivity contribution in [3.63, 3.8) is 0 Å². The van der Waals surface area contributed by atoms with Crippen LogP contribution in [0.1, 0.15) is 31.2 Å². The van der Waals surface area contributed by atoms with Crippen molar-refractivity contribution >= 4 is 22.7 Å². The first-order chi connectivity index (χ1) is 9.63. The molecule has 0 aliphatic carbocycles. The summed E-state index contributed by atoms with van der Waals surface area (Å²) in [5.41, 5.74) is 7.77. The molecule has 4 heteroatoms. The standard InChI is InChI=1S/C16H22N2OS/c1-4-9-19-15-11-13(7-8-14(15)17)18(3)12(2)16-6-5-10-20-16/h5-8,10-12H,4,9,17H2,1-3H3. The highest BCUT2D eigenvalue weighted by molar-refractivity contribution is 7.10. The fourth-order valence-electron chi connectivity index (χ4n) is 2.02. The van der Waals surface area contributed by atoms with Gasteiger partial charge in [-0.2, -0.15) is 0 Å². The Morgan fingerprint density at radius 1 is 1.35 bits per heavy atom. The molecule has 1 atom stereocenters. The van der Waals surface area contributed by atoms with Crippen molar-refractivity contribution in [2.24, 2.45) is 0 Å². The Balaban J connectivity index is 2.19. The molecule has 0 amide bonds. The Bertz CT molecular complexity index is 539. The van der Waals surface area contributed by atoms with Crippen molar-refractivity contribution in [3.8, 4) is 5.75 Å². The van der Waals surface area contributed by atoms with Crippen LogP contribution in [0.3, 0.4) is 0 Å². The van der Waals surface area contributed by atoms with E-state index in [9.17, 15) is 0 Å². The fraction of sp³-hybridized carbons (Fsp3) is 0.375. The summed E-state index contributed by atoms with van der Waals surface area (Å²) >= 11 is 1.78. The molecule has 0 spiro atoms. The third-order valence-electron chi connectivity index (χ3n) is 3.40. The average Bonchev–Trinajstić information content (AvgIpc) is 2.99. The van der Waals surface area contributed by atoms with Crippen molar-refractivity contribution in [2.45, 2.75) is 26.3 Å². The molecule has 1 unspecified atom stereocenters. The molecule has 0 aliphatic rings. The van der Waals surface area contributed by atoms with Gasteiger partial charge in [-0.1, -0.05) is 13.0 Å². The first-order valence-corrected chi connectivity index (χ1v) is 7.80. The van der Waals surface area contributed by atoms with Crippen LogP contribution in [0, 0.1) is 0 Å². The van der Waals surface area contributed by atoms with Crippen LogP contribution in [0.15, 0.2) is 35.7 Å². The molecule has 0 saturated heterocycles. The van der Waals surface area contributed by atoms with Crippen molar-refractivity contribution in [3.05, 3.63) is 40.6 Å². The van der Waals surface area contributed by atoms with Crippen LogP contribution in [0.5, 0.6) is 5.75 Å². The number of nitrogen functional groups attached to an aromatic ring is 1. The van der Waals surface area contributed by atoms with Crippen molar-refractivity contribution in [2.75, 3.05) is 24.3 Å². The minimum absolute atomic E-state index is 0.331. The van der Waals surface area contributed by atoms with Gasteiger partial charge in [0.2, 0.25) is 0 Å². The third kappa shape index (κ3) is 3.25. The third-order valence-corrected chi connectivity index (χ3v) is 4.44. The number of benzene rings is 1. The fourth-order valence-corrected chi connectivity index (χ4v) is 2.85. The van der Waals surface area contributed by atoms with Crippen molar-refractivity contribution in [1.82, 2.24) is 0 Å². The van der Waals surface area contributed by atoms with E-state index >= 15 is 0 Å². The largest absolute Gasteiger partial charge is 0.491 e. The van der Waals surface area contributed by atoms with E-state index in [0.717, 1.165) is 17.9 Å². The quantitative estimate of drug-likeness (QED) is 0.805. The van der Waals surface area contributed by atoms with Gasteiger partial charge in [-0.25, -0.2) is 0 Å². The Kier molecular flexibility index (Phi) is 4.90. The second-order valence-electron chi connectivity index (χ2n) is 4.87. The van der Waals surface area contributed by atoms with Crippen LogP contribution in [-0.2, 0) is 0 Å². The van der Waals surface area contributed by atoms with Gasteiger partial charge in [-0.15, -0.1) is 11.3 Å². The number of nitrogens with zero attached hydrogens (tertiary/aromatic N) is 1. The SMILES string of the molecule is CCCOc1cc(N(C)C(C)c2cccs2)ccc1N. The lowest BCUT2D eigenvalue weighted by Crippen LogP contribution is -2.20. The molecule has 1 aromatic carbocycles. The number of rotatable bonds is 6. The number of nitrogens with two attached hydrogens (primary N) is 1. The van der Waals surface area contributed by atoms with E-state index in [4.69, 9.17) is 10.5 Å². The maximum absolute atomic E-state index is 5.96. The topological polar surface area (TPSA) is 38.5 Å². The summed E-state index contributed by atoms with van der Waals surface area (Å²) in [4.78, 5) is 3.59. The van der Waals surface area contributed by atoms with E-state index in [2.05, 4.69) is 43.3 Å². The number of anilines is 2. The summed E-state index contributed by atoms with van der Waals surface area (Å²) in [6, 6.07) is 10.6. The highest BCUT2D eigenvalue weighted by Crippen LogP contribution is 2.32. The van der Waals surface area contributed by atoms with Gasteiger partial charge in [0.15, 0.2) is 0 Å². The lowest BCUT2D eigenvalue weighted by Gasteiger charge is -2.27. The van der Waals surface area contributed by atoms with Crippen LogP contribution in [-0.4, -0.2) is 13.7 Å². The van der Waals surface area contributed by atoms with E-state index in [-0.39, 0.29) is 0 Å². The highest BCUT2D eigenvalue weighted by atomic mass is 32.1. The lowest BCUT2D eigenvalue weighted by molar-refractivity contribution is 0.319. The van der Waals surface area contributed by atoms with Crippen molar-refractivity contribution < 1.29 is 4.74 Å². The van der Waals surface area contributed by atoms with E-state index < -0.39 is 0 Å². The molecule has 1 heterocycles. The van der Waals surface area contributed by atoms with E-state index in [1.54, 1.807) is 11.3 Å². The number of hydrogen-bond acceptors (Lipinski definition) is 4. The summed E-state index contributed by atoms with van der Waals surface area (Å²) in [5.74, 6) is 0.773. The van der Waals surface area contributed by atoms with Gasteiger partial charge in [0.1, 0.15) is 5.75 Å². The molecule has 3 nitrogen and oxygen atoms in total. The van der Waals surface area contributed by atoms with Gasteiger partial charge in [-0.3, -0.25) is 0 Å². The van der Waals surface area contributed by atoms with Crippen LogP contribution in [0.2, 0.25) is 0 Å². The number of hydrogen-bond donors (Lipinski definition) is 1. The first kappa shape index (κ1) is 14.7. The summed E-state index contributed by atoms with van der Waals surface area (Å²) in [7, 11) is 2.10. The predicted molar refractivity (Wildman–Crippen MR) is 87.8 cm³/mol. The maximum atomic E-state index is 5.96. The highest BCUT2D eigenvalue weighted by Gasteiger charge is 2.14. The molecule has 2 rings (SSSR count). The molecule has 0 fully saturated rings. The van der Waals surface area contributed by atoms with Crippen LogP contribution in [0.4, 0.5) is 11.4 Å². The Morgan fingerprint density at radius 2 is 2.15 bits per heavy atom. The number of thiophene rings is 1. The monoisotopic (exact) mass is 290 g/mol. The van der Waals surface area contributed by atoms with Gasteiger partial charge in [0.05, 0.1) is 18.3 Å². The Morgan fingerprint density at radius 3 is 2.80 bits per heavy atom.